The summed E-state index contributed by atoms with van der Waals surface area (Å²) in [4.78, 5) is 47.1. The van der Waals surface area contributed by atoms with Crippen molar-refractivity contribution in [1.82, 2.24) is 14.8 Å². The largest absolute Gasteiger partial charge is 0.339 e. The van der Waals surface area contributed by atoms with Gasteiger partial charge in [-0.2, -0.15) is 11.3 Å². The number of piperidine rings is 1. The topological polar surface area (TPSA) is 70.6 Å². The van der Waals surface area contributed by atoms with Crippen molar-refractivity contribution in [2.75, 3.05) is 26.2 Å². The quantitative estimate of drug-likeness (QED) is 0.393. The summed E-state index contributed by atoms with van der Waals surface area (Å²) in [6, 6.07) is 14.3. The van der Waals surface area contributed by atoms with E-state index in [0.29, 0.717) is 37.3 Å². The predicted octanol–water partition coefficient (Wildman–Crippen LogP) is 4.54. The molecule has 178 valence electrons. The minimum atomic E-state index is -0.196. The van der Waals surface area contributed by atoms with E-state index >= 15 is 0 Å². The Morgan fingerprint density at radius 1 is 0.914 bits per heavy atom. The number of aromatic nitrogens is 1. The van der Waals surface area contributed by atoms with Crippen LogP contribution in [0.25, 0.3) is 6.08 Å². The van der Waals surface area contributed by atoms with Crippen molar-refractivity contribution < 1.29 is 14.4 Å². The van der Waals surface area contributed by atoms with Gasteiger partial charge in [0.1, 0.15) is 5.69 Å². The maximum Gasteiger partial charge on any atom is 0.273 e. The van der Waals surface area contributed by atoms with Gasteiger partial charge in [0.05, 0.1) is 5.56 Å². The van der Waals surface area contributed by atoms with E-state index in [0.717, 1.165) is 24.8 Å². The van der Waals surface area contributed by atoms with Crippen LogP contribution in [0.1, 0.15) is 51.2 Å². The average Bonchev–Trinajstić information content (AvgIpc) is 3.58. The Labute approximate surface area is 208 Å². The lowest BCUT2D eigenvalue weighted by atomic mass is 9.78. The molecule has 2 amide bonds. The van der Waals surface area contributed by atoms with Crippen LogP contribution < -0.4 is 0 Å². The summed E-state index contributed by atoms with van der Waals surface area (Å²) >= 11 is 1.61. The normalized spacial score (nSPS) is 17.3. The summed E-state index contributed by atoms with van der Waals surface area (Å²) in [6.07, 6.45) is 7.71. The summed E-state index contributed by atoms with van der Waals surface area (Å²) in [5.41, 5.74) is 2.15. The van der Waals surface area contributed by atoms with Crippen LogP contribution in [0, 0.1) is 5.41 Å². The Bertz CT molecular complexity index is 1250. The molecule has 0 unspecified atom stereocenters. The van der Waals surface area contributed by atoms with Crippen LogP contribution >= 0.6 is 11.3 Å². The van der Waals surface area contributed by atoms with Crippen LogP contribution in [-0.2, 0) is 4.79 Å². The number of carbonyl (C=O) groups is 3. The minimum Gasteiger partial charge on any atom is -0.339 e. The van der Waals surface area contributed by atoms with E-state index in [2.05, 4.69) is 4.98 Å². The maximum atomic E-state index is 13.4. The molecule has 0 atom stereocenters. The van der Waals surface area contributed by atoms with Crippen LogP contribution in [0.2, 0.25) is 0 Å². The van der Waals surface area contributed by atoms with Crippen molar-refractivity contribution in [3.05, 3.63) is 93.9 Å². The third-order valence-corrected chi connectivity index (χ3v) is 7.82. The highest BCUT2D eigenvalue weighted by Gasteiger charge is 2.43. The van der Waals surface area contributed by atoms with Crippen molar-refractivity contribution in [1.29, 1.82) is 0 Å². The van der Waals surface area contributed by atoms with E-state index in [1.807, 2.05) is 50.9 Å². The van der Waals surface area contributed by atoms with Crippen LogP contribution in [-0.4, -0.2) is 58.6 Å². The van der Waals surface area contributed by atoms with Gasteiger partial charge >= 0.3 is 0 Å². The fraction of sp³-hybridized carbons (Fsp3) is 0.286. The summed E-state index contributed by atoms with van der Waals surface area (Å²) in [5.74, 6) is -0.355. The van der Waals surface area contributed by atoms with Gasteiger partial charge in [-0.25, -0.2) is 0 Å². The van der Waals surface area contributed by atoms with Crippen molar-refractivity contribution in [2.24, 2.45) is 5.41 Å². The molecule has 2 aliphatic heterocycles. The van der Waals surface area contributed by atoms with Gasteiger partial charge in [-0.3, -0.25) is 19.4 Å². The maximum absolute atomic E-state index is 13.4. The first-order chi connectivity index (χ1) is 17.0. The molecule has 2 aromatic heterocycles. The van der Waals surface area contributed by atoms with Crippen LogP contribution in [0.5, 0.6) is 0 Å². The molecular weight excluding hydrogens is 458 g/mol. The third kappa shape index (κ3) is 4.95. The molecule has 0 bridgehead atoms. The van der Waals surface area contributed by atoms with Gasteiger partial charge in [-0.15, -0.1) is 0 Å². The molecule has 0 N–H and O–H groups in total. The highest BCUT2D eigenvalue weighted by atomic mass is 32.1. The minimum absolute atomic E-state index is 0.0158. The lowest BCUT2D eigenvalue weighted by Gasteiger charge is -2.38. The number of hydrogen-bond acceptors (Lipinski definition) is 5. The summed E-state index contributed by atoms with van der Waals surface area (Å²) < 4.78 is 0. The van der Waals surface area contributed by atoms with Crippen molar-refractivity contribution >= 4 is 35.0 Å². The van der Waals surface area contributed by atoms with E-state index in [1.54, 1.807) is 47.9 Å². The second kappa shape index (κ2) is 9.96. The zero-order chi connectivity index (χ0) is 24.3. The number of pyridine rings is 1. The van der Waals surface area contributed by atoms with Crippen LogP contribution in [0.4, 0.5) is 0 Å². The molecule has 6 nitrogen and oxygen atoms in total. The fourth-order valence-corrected chi connectivity index (χ4v) is 5.64. The molecule has 0 radical (unpaired) electrons. The Hall–Kier alpha value is -3.58. The number of carbonyl (C=O) groups excluding carboxylic acids is 3. The third-order valence-electron chi connectivity index (χ3n) is 7.11. The lowest BCUT2D eigenvalue weighted by Crippen LogP contribution is -2.44. The highest BCUT2D eigenvalue weighted by molar-refractivity contribution is 7.08. The molecule has 0 aliphatic carbocycles. The van der Waals surface area contributed by atoms with E-state index in [1.165, 1.54) is 0 Å². The van der Waals surface area contributed by atoms with Crippen molar-refractivity contribution in [2.45, 2.75) is 19.3 Å². The number of likely N-dealkylation sites (tertiary alicyclic amines) is 2. The van der Waals surface area contributed by atoms with E-state index in [-0.39, 0.29) is 28.7 Å². The van der Waals surface area contributed by atoms with Crippen LogP contribution in [0.3, 0.4) is 0 Å². The number of thiophene rings is 1. The number of nitrogens with zero attached hydrogens (tertiary/aromatic N) is 3. The zero-order valence-corrected chi connectivity index (χ0v) is 20.2. The van der Waals surface area contributed by atoms with Crippen molar-refractivity contribution in [3.63, 3.8) is 0 Å². The SMILES string of the molecule is O=C(c1ccccc1)c1cccnc1C(=O)N1CCC2(CCN(C(=O)C=Cc3ccsc3)CC2)C1. The molecule has 35 heavy (non-hydrogen) atoms. The first-order valence-corrected chi connectivity index (χ1v) is 12.8. The molecular formula is C28H27N3O3S. The molecule has 1 spiro atoms. The molecule has 3 aromatic rings. The Balaban J connectivity index is 1.23. The van der Waals surface area contributed by atoms with Gasteiger partial charge in [0, 0.05) is 44.0 Å². The summed E-state index contributed by atoms with van der Waals surface area (Å²) in [5, 5.41) is 4.01. The van der Waals surface area contributed by atoms with Crippen LogP contribution in [0.15, 0.2) is 71.6 Å². The Morgan fingerprint density at radius 2 is 1.66 bits per heavy atom. The number of benzene rings is 1. The molecule has 4 heterocycles. The van der Waals surface area contributed by atoms with E-state index < -0.39 is 0 Å². The van der Waals surface area contributed by atoms with E-state index in [4.69, 9.17) is 0 Å². The molecule has 1 aromatic carbocycles. The molecule has 7 heteroatoms. The second-order valence-electron chi connectivity index (χ2n) is 9.29. The molecule has 0 saturated carbocycles. The Kier molecular flexibility index (Phi) is 6.59. The number of amides is 2. The second-order valence-corrected chi connectivity index (χ2v) is 10.1. The fourth-order valence-electron chi connectivity index (χ4n) is 5.01. The zero-order valence-electron chi connectivity index (χ0n) is 19.4. The summed E-state index contributed by atoms with van der Waals surface area (Å²) in [6.45, 7) is 2.65. The molecule has 5 rings (SSSR count). The van der Waals surface area contributed by atoms with Gasteiger partial charge in [0.15, 0.2) is 5.78 Å². The first-order valence-electron chi connectivity index (χ1n) is 11.9. The van der Waals surface area contributed by atoms with Crippen molar-refractivity contribution in [3.8, 4) is 0 Å². The molecule has 2 fully saturated rings. The molecule has 2 aliphatic rings. The van der Waals surface area contributed by atoms with Gasteiger partial charge in [0.2, 0.25) is 5.91 Å². The number of hydrogen-bond donors (Lipinski definition) is 0. The standard InChI is InChI=1S/C28H27N3O3S/c32-24(9-8-21-10-18-35-19-21)30-15-11-28(12-16-30)13-17-31(20-28)27(34)25-23(7-4-14-29-25)26(33)22-5-2-1-3-6-22/h1-10,14,18-19H,11-13,15-17,20H2. The lowest BCUT2D eigenvalue weighted by molar-refractivity contribution is -0.128. The van der Waals surface area contributed by atoms with Gasteiger partial charge in [-0.1, -0.05) is 30.3 Å². The predicted molar refractivity (Wildman–Crippen MR) is 136 cm³/mol. The monoisotopic (exact) mass is 485 g/mol. The smallest absolute Gasteiger partial charge is 0.273 e. The Morgan fingerprint density at radius 3 is 2.37 bits per heavy atom. The van der Waals surface area contributed by atoms with Gasteiger partial charge in [-0.05, 0) is 65.3 Å². The highest BCUT2D eigenvalue weighted by Crippen LogP contribution is 2.41. The number of ketones is 1. The molecule has 2 saturated heterocycles. The number of rotatable bonds is 5. The van der Waals surface area contributed by atoms with Gasteiger partial charge in [0.25, 0.3) is 5.91 Å². The van der Waals surface area contributed by atoms with Gasteiger partial charge < -0.3 is 9.80 Å². The average molecular weight is 486 g/mol. The summed E-state index contributed by atoms with van der Waals surface area (Å²) in [7, 11) is 0. The van der Waals surface area contributed by atoms with E-state index in [9.17, 15) is 14.4 Å². The first kappa shape index (κ1) is 23.2.